The van der Waals surface area contributed by atoms with Crippen LogP contribution in [0, 0.1) is 6.92 Å². The van der Waals surface area contributed by atoms with Crippen molar-refractivity contribution in [3.8, 4) is 0 Å². The van der Waals surface area contributed by atoms with E-state index in [1.54, 1.807) is 30.3 Å². The molecule has 1 aliphatic heterocycles. The molecule has 1 N–H and O–H groups in total. The van der Waals surface area contributed by atoms with E-state index in [1.165, 1.54) is 13.3 Å². The summed E-state index contributed by atoms with van der Waals surface area (Å²) in [5, 5.41) is 2.81. The van der Waals surface area contributed by atoms with Gasteiger partial charge in [-0.1, -0.05) is 12.1 Å². The van der Waals surface area contributed by atoms with E-state index in [0.29, 0.717) is 22.9 Å². The summed E-state index contributed by atoms with van der Waals surface area (Å²) in [5.74, 6) is 0.271. The van der Waals surface area contributed by atoms with Gasteiger partial charge in [0.1, 0.15) is 5.69 Å². The molecule has 130 valence electrons. The number of rotatable bonds is 4. The van der Waals surface area contributed by atoms with Crippen molar-refractivity contribution >= 4 is 23.3 Å². The third-order valence-electron chi connectivity index (χ3n) is 4.24. The van der Waals surface area contributed by atoms with E-state index in [4.69, 9.17) is 0 Å². The average molecular weight is 338 g/mol. The number of benzene rings is 1. The summed E-state index contributed by atoms with van der Waals surface area (Å²) in [6.45, 7) is 5.21. The summed E-state index contributed by atoms with van der Waals surface area (Å²) in [7, 11) is 0. The van der Waals surface area contributed by atoms with Crippen molar-refractivity contribution in [2.24, 2.45) is 0 Å². The summed E-state index contributed by atoms with van der Waals surface area (Å²) < 4.78 is 0. The fraction of sp³-hybridized carbons (Fsp3) is 0.368. The molecule has 0 aliphatic carbocycles. The van der Waals surface area contributed by atoms with Crippen LogP contribution in [0.3, 0.4) is 0 Å². The lowest BCUT2D eigenvalue weighted by molar-refractivity contribution is 0.100. The molecular weight excluding hydrogens is 316 g/mol. The first kappa shape index (κ1) is 17.1. The van der Waals surface area contributed by atoms with Gasteiger partial charge in [0, 0.05) is 30.0 Å². The van der Waals surface area contributed by atoms with Crippen molar-refractivity contribution in [1.82, 2.24) is 9.97 Å². The second-order valence-corrected chi connectivity index (χ2v) is 6.33. The number of nitrogens with one attached hydrogen (secondary N) is 1. The first-order chi connectivity index (χ1) is 12.0. The number of hydrogen-bond donors (Lipinski definition) is 1. The molecule has 1 saturated heterocycles. The molecule has 0 bridgehead atoms. The molecule has 1 fully saturated rings. The fourth-order valence-corrected chi connectivity index (χ4v) is 2.92. The largest absolute Gasteiger partial charge is 0.341 e. The topological polar surface area (TPSA) is 75.2 Å². The molecule has 0 spiro atoms. The zero-order valence-corrected chi connectivity index (χ0v) is 14.6. The van der Waals surface area contributed by atoms with Crippen LogP contribution in [0.15, 0.2) is 30.3 Å². The maximum absolute atomic E-state index is 12.6. The lowest BCUT2D eigenvalue weighted by atomic mass is 10.1. The van der Waals surface area contributed by atoms with E-state index < -0.39 is 0 Å². The lowest BCUT2D eigenvalue weighted by Crippen LogP contribution is -2.31. The van der Waals surface area contributed by atoms with Crippen molar-refractivity contribution < 1.29 is 9.59 Å². The number of carbonyl (C=O) groups excluding carboxylic acids is 2. The monoisotopic (exact) mass is 338 g/mol. The highest BCUT2D eigenvalue weighted by Gasteiger charge is 2.17. The van der Waals surface area contributed by atoms with Crippen LogP contribution in [-0.4, -0.2) is 34.7 Å². The normalized spacial score (nSPS) is 14.2. The Kier molecular flexibility index (Phi) is 5.07. The van der Waals surface area contributed by atoms with Gasteiger partial charge in [-0.05, 0) is 51.3 Å². The Hall–Kier alpha value is -2.76. The van der Waals surface area contributed by atoms with Gasteiger partial charge < -0.3 is 10.2 Å². The van der Waals surface area contributed by atoms with Gasteiger partial charge in [0.25, 0.3) is 5.91 Å². The van der Waals surface area contributed by atoms with Crippen LogP contribution in [0.1, 0.15) is 52.7 Å². The number of aromatic nitrogens is 2. The highest BCUT2D eigenvalue weighted by Crippen LogP contribution is 2.18. The number of ketones is 1. The van der Waals surface area contributed by atoms with E-state index in [2.05, 4.69) is 20.2 Å². The number of anilines is 2. The van der Waals surface area contributed by atoms with Crippen LogP contribution in [0.2, 0.25) is 0 Å². The molecule has 1 aromatic carbocycles. The Balaban J connectivity index is 1.81. The second-order valence-electron chi connectivity index (χ2n) is 6.33. The van der Waals surface area contributed by atoms with Crippen molar-refractivity contribution in [3.05, 3.63) is 47.3 Å². The minimum Gasteiger partial charge on any atom is -0.341 e. The first-order valence-electron chi connectivity index (χ1n) is 8.56. The maximum atomic E-state index is 12.6. The molecule has 3 rings (SSSR count). The molecule has 0 unspecified atom stereocenters. The Morgan fingerprint density at radius 1 is 1.08 bits per heavy atom. The molecule has 6 heteroatoms. The van der Waals surface area contributed by atoms with Gasteiger partial charge in [0.2, 0.25) is 5.95 Å². The van der Waals surface area contributed by atoms with E-state index in [0.717, 1.165) is 31.6 Å². The van der Waals surface area contributed by atoms with E-state index in [1.807, 2.05) is 6.92 Å². The van der Waals surface area contributed by atoms with Gasteiger partial charge >= 0.3 is 0 Å². The number of nitrogens with zero attached hydrogens (tertiary/aromatic N) is 3. The smallest absolute Gasteiger partial charge is 0.274 e. The Labute approximate surface area is 147 Å². The van der Waals surface area contributed by atoms with Gasteiger partial charge in [0.15, 0.2) is 5.78 Å². The minimum atomic E-state index is -0.301. The van der Waals surface area contributed by atoms with Gasteiger partial charge in [-0.2, -0.15) is 0 Å². The first-order valence-corrected chi connectivity index (χ1v) is 8.56. The number of hydrogen-bond acceptors (Lipinski definition) is 5. The summed E-state index contributed by atoms with van der Waals surface area (Å²) >= 11 is 0. The number of Topliss-reactive ketones (excluding diaryl/α,β-unsaturated/α-hetero) is 1. The minimum absolute atomic E-state index is 0.0404. The maximum Gasteiger partial charge on any atom is 0.274 e. The van der Waals surface area contributed by atoms with Gasteiger partial charge in [-0.15, -0.1) is 0 Å². The molecular formula is C19H22N4O2. The molecule has 0 atom stereocenters. The van der Waals surface area contributed by atoms with Crippen molar-refractivity contribution in [2.75, 3.05) is 23.3 Å². The van der Waals surface area contributed by atoms with Crippen LogP contribution >= 0.6 is 0 Å². The molecule has 6 nitrogen and oxygen atoms in total. The van der Waals surface area contributed by atoms with E-state index >= 15 is 0 Å². The highest BCUT2D eigenvalue weighted by molar-refractivity contribution is 6.04. The standard InChI is InChI=1S/C19H22N4O2/c1-13-11-17(22-19(20-13)23-9-4-3-5-10-23)18(25)21-16-8-6-7-15(12-16)14(2)24/h6-8,11-12H,3-5,9-10H2,1-2H3,(H,21,25). The van der Waals surface area contributed by atoms with Crippen LogP contribution < -0.4 is 10.2 Å². The van der Waals surface area contributed by atoms with Crippen molar-refractivity contribution in [3.63, 3.8) is 0 Å². The fourth-order valence-electron chi connectivity index (χ4n) is 2.92. The number of carbonyl (C=O) groups is 2. The second kappa shape index (κ2) is 7.42. The van der Waals surface area contributed by atoms with Gasteiger partial charge in [-0.3, -0.25) is 9.59 Å². The Morgan fingerprint density at radius 2 is 1.84 bits per heavy atom. The number of aryl methyl sites for hydroxylation is 1. The molecule has 2 aromatic rings. The van der Waals surface area contributed by atoms with Gasteiger partial charge in [0.05, 0.1) is 0 Å². The molecule has 0 saturated carbocycles. The molecule has 1 amide bonds. The summed E-state index contributed by atoms with van der Waals surface area (Å²) in [6.07, 6.45) is 3.47. The van der Waals surface area contributed by atoms with Gasteiger partial charge in [-0.25, -0.2) is 9.97 Å². The number of amides is 1. The Morgan fingerprint density at radius 3 is 2.56 bits per heavy atom. The summed E-state index contributed by atoms with van der Waals surface area (Å²) in [4.78, 5) is 35.1. The third-order valence-corrected chi connectivity index (χ3v) is 4.24. The molecule has 1 aliphatic rings. The zero-order valence-electron chi connectivity index (χ0n) is 14.6. The van der Waals surface area contributed by atoms with Crippen molar-refractivity contribution in [1.29, 1.82) is 0 Å². The van der Waals surface area contributed by atoms with Crippen LogP contribution in [0.25, 0.3) is 0 Å². The molecule has 1 aromatic heterocycles. The molecule has 0 radical (unpaired) electrons. The quantitative estimate of drug-likeness (QED) is 0.866. The van der Waals surface area contributed by atoms with E-state index in [-0.39, 0.29) is 11.7 Å². The van der Waals surface area contributed by atoms with Crippen LogP contribution in [-0.2, 0) is 0 Å². The third kappa shape index (κ3) is 4.21. The number of piperidine rings is 1. The molecule has 2 heterocycles. The predicted octanol–water partition coefficient (Wildman–Crippen LogP) is 3.23. The summed E-state index contributed by atoms with van der Waals surface area (Å²) in [5.41, 5.74) is 2.23. The van der Waals surface area contributed by atoms with Crippen molar-refractivity contribution in [2.45, 2.75) is 33.1 Å². The predicted molar refractivity (Wildman–Crippen MR) is 97.2 cm³/mol. The van der Waals surface area contributed by atoms with Crippen LogP contribution in [0.5, 0.6) is 0 Å². The molecule has 25 heavy (non-hydrogen) atoms. The van der Waals surface area contributed by atoms with E-state index in [9.17, 15) is 9.59 Å². The highest BCUT2D eigenvalue weighted by atomic mass is 16.2. The summed E-state index contributed by atoms with van der Waals surface area (Å²) in [6, 6.07) is 8.57. The lowest BCUT2D eigenvalue weighted by Gasteiger charge is -2.27. The average Bonchev–Trinajstić information content (AvgIpc) is 2.62. The zero-order chi connectivity index (χ0) is 17.8. The Bertz CT molecular complexity index is 798. The SMILES string of the molecule is CC(=O)c1cccc(NC(=O)c2cc(C)nc(N3CCCCC3)n2)c1. The van der Waals surface area contributed by atoms with Crippen LogP contribution in [0.4, 0.5) is 11.6 Å².